The zero-order chi connectivity index (χ0) is 38.9. The van der Waals surface area contributed by atoms with Crippen molar-refractivity contribution in [3.8, 4) is 50.6 Å². The fraction of sp³-hybridized carbons (Fsp3) is 0. The van der Waals surface area contributed by atoms with Gasteiger partial charge in [-0.05, 0) is 79.5 Å². The van der Waals surface area contributed by atoms with Crippen LogP contribution in [-0.2, 0) is 0 Å². The van der Waals surface area contributed by atoms with Gasteiger partial charge >= 0.3 is 0 Å². The molecule has 0 radical (unpaired) electrons. The van der Waals surface area contributed by atoms with Crippen molar-refractivity contribution in [2.75, 3.05) is 0 Å². The first-order chi connectivity index (χ1) is 29.3. The number of hydrogen-bond donors (Lipinski definition) is 0. The van der Waals surface area contributed by atoms with Crippen molar-refractivity contribution in [2.45, 2.75) is 0 Å². The monoisotopic (exact) mass is 749 g/mol. The minimum absolute atomic E-state index is 0.708. The molecule has 0 bridgehead atoms. The van der Waals surface area contributed by atoms with Crippen LogP contribution in [0.15, 0.2) is 212 Å². The third-order valence-electron chi connectivity index (χ3n) is 12.0. The molecule has 2 aromatic heterocycles. The second-order valence-electron chi connectivity index (χ2n) is 15.3. The summed E-state index contributed by atoms with van der Waals surface area (Å²) in [6, 6.07) is 76.2. The van der Waals surface area contributed by atoms with Gasteiger partial charge < -0.3 is 4.57 Å². The van der Waals surface area contributed by atoms with E-state index in [2.05, 4.69) is 217 Å². The molecular weight excluding hydrogens is 715 g/mol. The third kappa shape index (κ3) is 5.29. The van der Waals surface area contributed by atoms with E-state index in [1.165, 1.54) is 65.6 Å². The second-order valence-corrected chi connectivity index (χ2v) is 15.3. The van der Waals surface area contributed by atoms with Crippen LogP contribution in [0.3, 0.4) is 0 Å². The molecule has 0 aliphatic rings. The predicted octanol–water partition coefficient (Wildman–Crippen LogP) is 14.9. The fourth-order valence-electron chi connectivity index (χ4n) is 9.30. The molecule has 274 valence electrons. The van der Waals surface area contributed by atoms with E-state index < -0.39 is 0 Å². The van der Waals surface area contributed by atoms with Crippen LogP contribution in [0.25, 0.3) is 116 Å². The Morgan fingerprint density at radius 1 is 0.322 bits per heavy atom. The number of fused-ring (bicyclic) bond motifs is 9. The van der Waals surface area contributed by atoms with Crippen LogP contribution >= 0.6 is 0 Å². The van der Waals surface area contributed by atoms with Gasteiger partial charge in [-0.1, -0.05) is 182 Å². The Balaban J connectivity index is 1.12. The molecule has 0 atom stereocenters. The van der Waals surface area contributed by atoms with Crippen molar-refractivity contribution in [3.63, 3.8) is 0 Å². The molecule has 10 aromatic carbocycles. The molecule has 0 saturated carbocycles. The van der Waals surface area contributed by atoms with Gasteiger partial charge in [0.05, 0.1) is 27.9 Å². The van der Waals surface area contributed by atoms with Crippen molar-refractivity contribution in [3.05, 3.63) is 212 Å². The van der Waals surface area contributed by atoms with Gasteiger partial charge in [0.25, 0.3) is 0 Å². The number of benzene rings is 10. The molecular formula is C56H35N3. The molecule has 59 heavy (non-hydrogen) atoms. The predicted molar refractivity (Wildman–Crippen MR) is 248 cm³/mol. The largest absolute Gasteiger partial charge is 0.309 e. The highest BCUT2D eigenvalue weighted by Gasteiger charge is 2.22. The molecule has 0 saturated heterocycles. The van der Waals surface area contributed by atoms with Crippen LogP contribution in [0.1, 0.15) is 0 Å². The lowest BCUT2D eigenvalue weighted by Gasteiger charge is -2.16. The topological polar surface area (TPSA) is 30.7 Å². The van der Waals surface area contributed by atoms with Crippen molar-refractivity contribution in [1.82, 2.24) is 14.5 Å². The summed E-state index contributed by atoms with van der Waals surface area (Å²) < 4.78 is 2.49. The summed E-state index contributed by atoms with van der Waals surface area (Å²) in [5.41, 5.74) is 12.2. The Hall–Kier alpha value is -7.88. The van der Waals surface area contributed by atoms with Gasteiger partial charge in [-0.3, -0.25) is 0 Å². The van der Waals surface area contributed by atoms with Crippen LogP contribution in [-0.4, -0.2) is 14.5 Å². The molecule has 12 rings (SSSR count). The fourth-order valence-corrected chi connectivity index (χ4v) is 9.30. The van der Waals surface area contributed by atoms with Gasteiger partial charge in [0, 0.05) is 32.7 Å². The maximum atomic E-state index is 5.38. The minimum atomic E-state index is 0.708. The van der Waals surface area contributed by atoms with E-state index in [1.807, 2.05) is 0 Å². The number of nitrogens with zero attached hydrogens (tertiary/aromatic N) is 3. The van der Waals surface area contributed by atoms with Gasteiger partial charge in [-0.15, -0.1) is 0 Å². The molecule has 3 nitrogen and oxygen atoms in total. The molecule has 0 aliphatic carbocycles. The van der Waals surface area contributed by atoms with Crippen LogP contribution in [0.5, 0.6) is 0 Å². The molecule has 12 aromatic rings. The Kier molecular flexibility index (Phi) is 7.54. The molecule has 2 heterocycles. The lowest BCUT2D eigenvalue weighted by Crippen LogP contribution is -1.99. The molecule has 0 aliphatic heterocycles. The van der Waals surface area contributed by atoms with Gasteiger partial charge in [0.15, 0.2) is 5.82 Å². The quantitative estimate of drug-likeness (QED) is 0.175. The highest BCUT2D eigenvalue weighted by molar-refractivity contribution is 6.30. The SMILES string of the molecule is c1ccc(-c2ccc(-c3nc(-c4ccc(-n5c6ccc7ccccc7c6c6c7ccccc7c(-c7ccccc7)cc65)c5ccccc45)nc4ccccc34)cc2)cc1. The van der Waals surface area contributed by atoms with Gasteiger partial charge in [-0.25, -0.2) is 9.97 Å². The average molecular weight is 750 g/mol. The summed E-state index contributed by atoms with van der Waals surface area (Å²) in [7, 11) is 0. The molecule has 0 spiro atoms. The Labute approximate surface area is 341 Å². The molecule has 0 unspecified atom stereocenters. The summed E-state index contributed by atoms with van der Waals surface area (Å²) >= 11 is 0. The van der Waals surface area contributed by atoms with E-state index >= 15 is 0 Å². The first kappa shape index (κ1) is 33.3. The van der Waals surface area contributed by atoms with Crippen molar-refractivity contribution < 1.29 is 0 Å². The van der Waals surface area contributed by atoms with E-state index in [9.17, 15) is 0 Å². The third-order valence-corrected chi connectivity index (χ3v) is 12.0. The average Bonchev–Trinajstić information content (AvgIpc) is 3.66. The van der Waals surface area contributed by atoms with Crippen molar-refractivity contribution in [2.24, 2.45) is 0 Å². The summed E-state index contributed by atoms with van der Waals surface area (Å²) in [6.45, 7) is 0. The Morgan fingerprint density at radius 2 is 0.881 bits per heavy atom. The normalized spacial score (nSPS) is 11.7. The second kappa shape index (κ2) is 13.4. The number of rotatable bonds is 5. The number of para-hydroxylation sites is 1. The lowest BCUT2D eigenvalue weighted by molar-refractivity contribution is 1.19. The van der Waals surface area contributed by atoms with E-state index in [-0.39, 0.29) is 0 Å². The van der Waals surface area contributed by atoms with E-state index in [0.29, 0.717) is 5.82 Å². The zero-order valence-electron chi connectivity index (χ0n) is 32.0. The van der Waals surface area contributed by atoms with Crippen LogP contribution in [0.2, 0.25) is 0 Å². The molecule has 0 N–H and O–H groups in total. The molecule has 3 heteroatoms. The van der Waals surface area contributed by atoms with Crippen LogP contribution in [0.4, 0.5) is 0 Å². The first-order valence-electron chi connectivity index (χ1n) is 20.2. The smallest absolute Gasteiger partial charge is 0.161 e. The van der Waals surface area contributed by atoms with Crippen molar-refractivity contribution >= 4 is 65.0 Å². The van der Waals surface area contributed by atoms with Crippen LogP contribution < -0.4 is 0 Å². The molecule has 0 fully saturated rings. The Morgan fingerprint density at radius 3 is 1.64 bits per heavy atom. The highest BCUT2D eigenvalue weighted by Crippen LogP contribution is 2.45. The van der Waals surface area contributed by atoms with Gasteiger partial charge in [0.2, 0.25) is 0 Å². The summed E-state index contributed by atoms with van der Waals surface area (Å²) in [6.07, 6.45) is 0. The standard InChI is InChI=1S/C56H35N3/c1-3-15-36(16-4-1)37-27-29-40(30-28-37)55-47-25-13-14-26-49(47)57-56(58-55)46-32-34-50(44-23-11-9-21-42(44)46)59-51-33-31-39-19-7-8-20-41(39)53(51)54-45-24-12-10-22-43(45)48(35-52(54)59)38-17-5-2-6-18-38/h1-35H. The summed E-state index contributed by atoms with van der Waals surface area (Å²) in [5, 5.41) is 10.8. The maximum absolute atomic E-state index is 5.38. The lowest BCUT2D eigenvalue weighted by atomic mass is 9.94. The van der Waals surface area contributed by atoms with Crippen LogP contribution in [0, 0.1) is 0 Å². The first-order valence-corrected chi connectivity index (χ1v) is 20.2. The number of hydrogen-bond acceptors (Lipinski definition) is 2. The molecule has 0 amide bonds. The van der Waals surface area contributed by atoms with Gasteiger partial charge in [0.1, 0.15) is 0 Å². The Bertz CT molecular complexity index is 3590. The minimum Gasteiger partial charge on any atom is -0.309 e. The highest BCUT2D eigenvalue weighted by atomic mass is 15.0. The van der Waals surface area contributed by atoms with E-state index in [1.54, 1.807) is 0 Å². The van der Waals surface area contributed by atoms with Crippen molar-refractivity contribution in [1.29, 1.82) is 0 Å². The van der Waals surface area contributed by atoms with Gasteiger partial charge in [-0.2, -0.15) is 0 Å². The maximum Gasteiger partial charge on any atom is 0.161 e. The van der Waals surface area contributed by atoms with E-state index in [0.717, 1.165) is 44.2 Å². The number of aromatic nitrogens is 3. The summed E-state index contributed by atoms with van der Waals surface area (Å²) in [4.78, 5) is 10.6. The summed E-state index contributed by atoms with van der Waals surface area (Å²) in [5.74, 6) is 0.708. The zero-order valence-corrected chi connectivity index (χ0v) is 32.0. The van der Waals surface area contributed by atoms with E-state index in [4.69, 9.17) is 9.97 Å².